The van der Waals surface area contributed by atoms with E-state index in [4.69, 9.17) is 12.2 Å². The SMILES string of the molecule is Fc1ccc(CSCCCNC(=S)Nc2ccc(F)c(F)c2)cc1. The van der Waals surface area contributed by atoms with Crippen LogP contribution in [-0.2, 0) is 5.75 Å². The predicted molar refractivity (Wildman–Crippen MR) is 97.8 cm³/mol. The lowest BCUT2D eigenvalue weighted by Gasteiger charge is -2.10. The zero-order valence-electron chi connectivity index (χ0n) is 12.8. The first-order chi connectivity index (χ1) is 11.5. The van der Waals surface area contributed by atoms with E-state index in [0.29, 0.717) is 17.3 Å². The largest absolute Gasteiger partial charge is 0.362 e. The molecular formula is C17H17F3N2S2. The van der Waals surface area contributed by atoms with Gasteiger partial charge < -0.3 is 10.6 Å². The van der Waals surface area contributed by atoms with E-state index in [1.54, 1.807) is 23.9 Å². The van der Waals surface area contributed by atoms with Gasteiger partial charge in [0, 0.05) is 24.1 Å². The van der Waals surface area contributed by atoms with Crippen molar-refractivity contribution in [1.82, 2.24) is 5.32 Å². The average molecular weight is 370 g/mol. The molecule has 0 amide bonds. The van der Waals surface area contributed by atoms with Crippen LogP contribution in [0.3, 0.4) is 0 Å². The van der Waals surface area contributed by atoms with Crippen LogP contribution in [0.1, 0.15) is 12.0 Å². The van der Waals surface area contributed by atoms with Crippen LogP contribution in [0.5, 0.6) is 0 Å². The molecule has 0 saturated carbocycles. The Morgan fingerprint density at radius 1 is 1.00 bits per heavy atom. The Morgan fingerprint density at radius 3 is 2.46 bits per heavy atom. The number of halogens is 3. The van der Waals surface area contributed by atoms with Crippen LogP contribution in [0.4, 0.5) is 18.9 Å². The highest BCUT2D eigenvalue weighted by Crippen LogP contribution is 2.14. The lowest BCUT2D eigenvalue weighted by atomic mass is 10.2. The fraction of sp³-hybridized carbons (Fsp3) is 0.235. The summed E-state index contributed by atoms with van der Waals surface area (Å²) in [5.74, 6) is -0.275. The predicted octanol–water partition coefficient (Wildman–Crippen LogP) is 4.71. The van der Waals surface area contributed by atoms with Gasteiger partial charge in [-0.15, -0.1) is 0 Å². The Hall–Kier alpha value is -1.73. The quantitative estimate of drug-likeness (QED) is 0.544. The number of benzene rings is 2. The minimum Gasteiger partial charge on any atom is -0.362 e. The highest BCUT2D eigenvalue weighted by atomic mass is 32.2. The molecule has 0 radical (unpaired) electrons. The molecule has 2 aromatic rings. The minimum atomic E-state index is -0.917. The van der Waals surface area contributed by atoms with E-state index in [-0.39, 0.29) is 5.82 Å². The van der Waals surface area contributed by atoms with Gasteiger partial charge in [-0.3, -0.25) is 0 Å². The summed E-state index contributed by atoms with van der Waals surface area (Å²) in [4.78, 5) is 0. The third-order valence-corrected chi connectivity index (χ3v) is 4.47. The van der Waals surface area contributed by atoms with Gasteiger partial charge in [0.25, 0.3) is 0 Å². The second-order valence-corrected chi connectivity index (χ2v) is 6.56. The normalized spacial score (nSPS) is 10.5. The van der Waals surface area contributed by atoms with Gasteiger partial charge in [-0.25, -0.2) is 13.2 Å². The van der Waals surface area contributed by atoms with Crippen molar-refractivity contribution < 1.29 is 13.2 Å². The number of anilines is 1. The summed E-state index contributed by atoms with van der Waals surface area (Å²) in [6.45, 7) is 0.673. The van der Waals surface area contributed by atoms with Gasteiger partial charge in [0.2, 0.25) is 0 Å². The van der Waals surface area contributed by atoms with Crippen molar-refractivity contribution in [3.63, 3.8) is 0 Å². The van der Waals surface area contributed by atoms with Crippen molar-refractivity contribution in [2.24, 2.45) is 0 Å². The van der Waals surface area contributed by atoms with E-state index in [1.165, 1.54) is 18.2 Å². The molecule has 0 aliphatic carbocycles. The fourth-order valence-electron chi connectivity index (χ4n) is 1.90. The van der Waals surface area contributed by atoms with E-state index < -0.39 is 11.6 Å². The number of nitrogens with one attached hydrogen (secondary N) is 2. The van der Waals surface area contributed by atoms with Crippen molar-refractivity contribution >= 4 is 34.8 Å². The fourth-order valence-corrected chi connectivity index (χ4v) is 3.04. The van der Waals surface area contributed by atoms with E-state index in [2.05, 4.69) is 10.6 Å². The van der Waals surface area contributed by atoms with Gasteiger partial charge in [-0.05, 0) is 54.2 Å². The Labute approximate surface area is 148 Å². The molecule has 0 saturated heterocycles. The summed E-state index contributed by atoms with van der Waals surface area (Å²) in [6, 6.07) is 10.0. The number of thioether (sulfide) groups is 1. The van der Waals surface area contributed by atoms with Crippen LogP contribution in [0.2, 0.25) is 0 Å². The third-order valence-electron chi connectivity index (χ3n) is 3.11. The second kappa shape index (κ2) is 9.54. The summed E-state index contributed by atoms with van der Waals surface area (Å²) in [7, 11) is 0. The molecule has 7 heteroatoms. The molecule has 0 fully saturated rings. The monoisotopic (exact) mass is 370 g/mol. The van der Waals surface area contributed by atoms with E-state index >= 15 is 0 Å². The first-order valence-corrected chi connectivity index (χ1v) is 8.93. The zero-order valence-corrected chi connectivity index (χ0v) is 14.5. The molecule has 0 heterocycles. The van der Waals surface area contributed by atoms with Crippen LogP contribution >= 0.6 is 24.0 Å². The number of hydrogen-bond donors (Lipinski definition) is 2. The van der Waals surface area contributed by atoms with Crippen LogP contribution in [0, 0.1) is 17.5 Å². The zero-order chi connectivity index (χ0) is 17.4. The number of hydrogen-bond acceptors (Lipinski definition) is 2. The lowest BCUT2D eigenvalue weighted by molar-refractivity contribution is 0.509. The maximum Gasteiger partial charge on any atom is 0.170 e. The van der Waals surface area contributed by atoms with Crippen molar-refractivity contribution in [1.29, 1.82) is 0 Å². The summed E-state index contributed by atoms with van der Waals surface area (Å²) < 4.78 is 38.7. The van der Waals surface area contributed by atoms with E-state index in [0.717, 1.165) is 35.6 Å². The molecule has 0 aliphatic heterocycles. The van der Waals surface area contributed by atoms with Gasteiger partial charge >= 0.3 is 0 Å². The Bertz CT molecular complexity index is 678. The molecule has 2 N–H and O–H groups in total. The first kappa shape index (κ1) is 18.6. The van der Waals surface area contributed by atoms with Gasteiger partial charge in [0.15, 0.2) is 16.7 Å². The summed E-state index contributed by atoms with van der Waals surface area (Å²) in [6.07, 6.45) is 0.894. The maximum atomic E-state index is 13.1. The molecule has 0 atom stereocenters. The second-order valence-electron chi connectivity index (χ2n) is 5.04. The molecule has 2 nitrogen and oxygen atoms in total. The van der Waals surface area contributed by atoms with E-state index in [1.807, 2.05) is 0 Å². The van der Waals surface area contributed by atoms with Gasteiger partial charge in [-0.2, -0.15) is 11.8 Å². The van der Waals surface area contributed by atoms with Crippen molar-refractivity contribution in [2.75, 3.05) is 17.6 Å². The molecule has 0 spiro atoms. The molecule has 0 aromatic heterocycles. The van der Waals surface area contributed by atoms with Crippen molar-refractivity contribution in [3.05, 3.63) is 65.5 Å². The topological polar surface area (TPSA) is 24.1 Å². The Kier molecular flexibility index (Phi) is 7.39. The van der Waals surface area contributed by atoms with Gasteiger partial charge in [0.05, 0.1) is 0 Å². The highest BCUT2D eigenvalue weighted by Gasteiger charge is 2.03. The number of thiocarbonyl (C=S) groups is 1. The van der Waals surface area contributed by atoms with Crippen LogP contribution in [-0.4, -0.2) is 17.4 Å². The van der Waals surface area contributed by atoms with Gasteiger partial charge in [0.1, 0.15) is 5.82 Å². The molecule has 0 unspecified atom stereocenters. The summed E-state index contributed by atoms with van der Waals surface area (Å²) in [5.41, 5.74) is 1.49. The molecule has 24 heavy (non-hydrogen) atoms. The molecule has 128 valence electrons. The average Bonchev–Trinajstić information content (AvgIpc) is 2.56. The highest BCUT2D eigenvalue weighted by molar-refractivity contribution is 7.98. The third kappa shape index (κ3) is 6.41. The Morgan fingerprint density at radius 2 is 1.75 bits per heavy atom. The smallest absolute Gasteiger partial charge is 0.170 e. The van der Waals surface area contributed by atoms with Crippen molar-refractivity contribution in [3.8, 4) is 0 Å². The van der Waals surface area contributed by atoms with Crippen LogP contribution in [0.15, 0.2) is 42.5 Å². The lowest BCUT2D eigenvalue weighted by Crippen LogP contribution is -2.29. The summed E-state index contributed by atoms with van der Waals surface area (Å²) >= 11 is 6.85. The minimum absolute atomic E-state index is 0.227. The van der Waals surface area contributed by atoms with Gasteiger partial charge in [-0.1, -0.05) is 12.1 Å². The van der Waals surface area contributed by atoms with Crippen molar-refractivity contribution in [2.45, 2.75) is 12.2 Å². The maximum absolute atomic E-state index is 13.1. The van der Waals surface area contributed by atoms with E-state index in [9.17, 15) is 13.2 Å². The molecule has 2 rings (SSSR count). The first-order valence-electron chi connectivity index (χ1n) is 7.36. The standard InChI is InChI=1S/C17H17F3N2S2/c18-13-4-2-12(3-5-13)11-24-9-1-8-21-17(23)22-14-6-7-15(19)16(20)10-14/h2-7,10H,1,8-9,11H2,(H2,21,22,23). The molecule has 0 aliphatic rings. The Balaban J connectivity index is 1.59. The molecular weight excluding hydrogens is 353 g/mol. The number of rotatable bonds is 7. The van der Waals surface area contributed by atoms with Crippen LogP contribution < -0.4 is 10.6 Å². The summed E-state index contributed by atoms with van der Waals surface area (Å²) in [5, 5.41) is 6.18. The molecule has 0 bridgehead atoms. The molecule has 2 aromatic carbocycles. The van der Waals surface area contributed by atoms with Crippen LogP contribution in [0.25, 0.3) is 0 Å².